The molecule has 2 heterocycles. The second kappa shape index (κ2) is 9.92. The fraction of sp³-hybridized carbons (Fsp3) is 0.269. The lowest BCUT2D eigenvalue weighted by molar-refractivity contribution is -0.132. The topological polar surface area (TPSA) is 111 Å². The SMILES string of the molecule is CCCOc1ccc(C(O)=C2C(=O)C(=O)N(c3cc(C)on3)C2c2cc(OC)ccc2OC)cc1. The van der Waals surface area contributed by atoms with E-state index in [9.17, 15) is 14.7 Å². The molecule has 9 nitrogen and oxygen atoms in total. The van der Waals surface area contributed by atoms with E-state index in [4.69, 9.17) is 18.7 Å². The fourth-order valence-electron chi connectivity index (χ4n) is 3.97. The predicted octanol–water partition coefficient (Wildman–Crippen LogP) is 4.42. The highest BCUT2D eigenvalue weighted by atomic mass is 16.5. The van der Waals surface area contributed by atoms with Crippen molar-refractivity contribution in [2.24, 2.45) is 0 Å². The number of rotatable bonds is 8. The first-order valence-electron chi connectivity index (χ1n) is 11.1. The van der Waals surface area contributed by atoms with Crippen LogP contribution in [0.1, 0.15) is 36.3 Å². The van der Waals surface area contributed by atoms with Crippen molar-refractivity contribution in [1.82, 2.24) is 5.16 Å². The summed E-state index contributed by atoms with van der Waals surface area (Å²) < 4.78 is 21.7. The Morgan fingerprint density at radius 2 is 1.77 bits per heavy atom. The van der Waals surface area contributed by atoms with E-state index in [0.717, 1.165) is 6.42 Å². The minimum atomic E-state index is -1.04. The molecule has 0 bridgehead atoms. The minimum Gasteiger partial charge on any atom is -0.507 e. The predicted molar refractivity (Wildman–Crippen MR) is 128 cm³/mol. The van der Waals surface area contributed by atoms with Gasteiger partial charge in [-0.2, -0.15) is 0 Å². The van der Waals surface area contributed by atoms with Crippen LogP contribution in [-0.4, -0.2) is 42.8 Å². The van der Waals surface area contributed by atoms with E-state index >= 15 is 0 Å². The van der Waals surface area contributed by atoms with Gasteiger partial charge in [0.1, 0.15) is 34.8 Å². The molecule has 0 saturated carbocycles. The van der Waals surface area contributed by atoms with Crippen LogP contribution in [0.5, 0.6) is 17.2 Å². The normalized spacial score (nSPS) is 17.0. The van der Waals surface area contributed by atoms with Gasteiger partial charge in [-0.1, -0.05) is 12.1 Å². The van der Waals surface area contributed by atoms with Crippen LogP contribution in [-0.2, 0) is 9.59 Å². The van der Waals surface area contributed by atoms with Gasteiger partial charge in [-0.25, -0.2) is 0 Å². The van der Waals surface area contributed by atoms with Crippen LogP contribution in [0.4, 0.5) is 5.82 Å². The van der Waals surface area contributed by atoms with Crippen molar-refractivity contribution >= 4 is 23.3 Å². The van der Waals surface area contributed by atoms with Crippen molar-refractivity contribution in [3.63, 3.8) is 0 Å². The average Bonchev–Trinajstić information content (AvgIpc) is 3.42. The Bertz CT molecular complexity index is 1280. The Morgan fingerprint density at radius 1 is 1.06 bits per heavy atom. The highest BCUT2D eigenvalue weighted by molar-refractivity contribution is 6.51. The second-order valence-corrected chi connectivity index (χ2v) is 7.95. The van der Waals surface area contributed by atoms with Crippen LogP contribution in [0.15, 0.2) is 58.6 Å². The maximum atomic E-state index is 13.3. The van der Waals surface area contributed by atoms with Gasteiger partial charge in [-0.15, -0.1) is 0 Å². The van der Waals surface area contributed by atoms with Crippen LogP contribution in [0.2, 0.25) is 0 Å². The second-order valence-electron chi connectivity index (χ2n) is 7.95. The smallest absolute Gasteiger partial charge is 0.301 e. The van der Waals surface area contributed by atoms with E-state index in [1.54, 1.807) is 55.5 Å². The molecule has 9 heteroatoms. The molecule has 1 unspecified atom stereocenters. The van der Waals surface area contributed by atoms with Gasteiger partial charge in [0, 0.05) is 17.2 Å². The summed E-state index contributed by atoms with van der Waals surface area (Å²) >= 11 is 0. The van der Waals surface area contributed by atoms with E-state index in [0.29, 0.717) is 40.7 Å². The molecule has 0 radical (unpaired) electrons. The number of aliphatic hydroxyl groups is 1. The Balaban J connectivity index is 1.91. The van der Waals surface area contributed by atoms with Gasteiger partial charge in [-0.3, -0.25) is 14.5 Å². The molecule has 1 fully saturated rings. The molecule has 1 aliphatic rings. The van der Waals surface area contributed by atoms with Gasteiger partial charge in [0.25, 0.3) is 5.78 Å². The number of hydrogen-bond acceptors (Lipinski definition) is 8. The molecule has 182 valence electrons. The number of aryl methyl sites for hydroxylation is 1. The number of aliphatic hydroxyl groups excluding tert-OH is 1. The van der Waals surface area contributed by atoms with Gasteiger partial charge in [-0.05, 0) is 55.8 Å². The first-order valence-corrected chi connectivity index (χ1v) is 11.1. The van der Waals surface area contributed by atoms with Crippen LogP contribution in [0.25, 0.3) is 5.76 Å². The fourth-order valence-corrected chi connectivity index (χ4v) is 3.97. The number of anilines is 1. The molecule has 0 aliphatic carbocycles. The summed E-state index contributed by atoms with van der Waals surface area (Å²) in [6, 6.07) is 12.2. The summed E-state index contributed by atoms with van der Waals surface area (Å²) in [5.74, 6) is 0.0814. The first-order chi connectivity index (χ1) is 16.9. The molecule has 1 amide bonds. The zero-order chi connectivity index (χ0) is 25.1. The van der Waals surface area contributed by atoms with E-state index in [2.05, 4.69) is 5.16 Å². The Labute approximate surface area is 202 Å². The quantitative estimate of drug-likeness (QED) is 0.288. The summed E-state index contributed by atoms with van der Waals surface area (Å²) in [5, 5.41) is 15.2. The lowest BCUT2D eigenvalue weighted by Gasteiger charge is -2.24. The van der Waals surface area contributed by atoms with Crippen LogP contribution in [0, 0.1) is 6.92 Å². The Morgan fingerprint density at radius 3 is 2.37 bits per heavy atom. The number of ketones is 1. The highest BCUT2D eigenvalue weighted by Crippen LogP contribution is 2.45. The van der Waals surface area contributed by atoms with Crippen LogP contribution >= 0.6 is 0 Å². The number of hydrogen-bond donors (Lipinski definition) is 1. The van der Waals surface area contributed by atoms with Crippen molar-refractivity contribution in [2.45, 2.75) is 26.3 Å². The van der Waals surface area contributed by atoms with Crippen LogP contribution in [0.3, 0.4) is 0 Å². The largest absolute Gasteiger partial charge is 0.507 e. The first kappa shape index (κ1) is 23.9. The monoisotopic (exact) mass is 478 g/mol. The van der Waals surface area contributed by atoms with Crippen LogP contribution < -0.4 is 19.1 Å². The number of ether oxygens (including phenoxy) is 3. The summed E-state index contributed by atoms with van der Waals surface area (Å²) in [7, 11) is 2.98. The maximum Gasteiger partial charge on any atom is 0.301 e. The average molecular weight is 479 g/mol. The van der Waals surface area contributed by atoms with Gasteiger partial charge in [0.15, 0.2) is 5.82 Å². The van der Waals surface area contributed by atoms with E-state index < -0.39 is 17.7 Å². The van der Waals surface area contributed by atoms with Crippen molar-refractivity contribution in [3.8, 4) is 17.2 Å². The number of methoxy groups -OCH3 is 2. The molecule has 0 spiro atoms. The number of aromatic nitrogens is 1. The van der Waals surface area contributed by atoms with Crippen molar-refractivity contribution in [1.29, 1.82) is 0 Å². The molecule has 2 aromatic carbocycles. The summed E-state index contributed by atoms with van der Waals surface area (Å²) in [6.45, 7) is 4.24. The van der Waals surface area contributed by atoms with Crippen molar-refractivity contribution < 1.29 is 33.4 Å². The Kier molecular flexibility index (Phi) is 6.77. The van der Waals surface area contributed by atoms with E-state index in [1.807, 2.05) is 6.92 Å². The summed E-state index contributed by atoms with van der Waals surface area (Å²) in [5.41, 5.74) is 0.690. The minimum absolute atomic E-state index is 0.107. The number of carbonyl (C=O) groups is 2. The summed E-state index contributed by atoms with van der Waals surface area (Å²) in [6.07, 6.45) is 0.856. The lowest BCUT2D eigenvalue weighted by Crippen LogP contribution is -2.30. The molecular formula is C26H26N2O7. The van der Waals surface area contributed by atoms with Gasteiger partial charge < -0.3 is 23.8 Å². The molecule has 1 aromatic heterocycles. The molecule has 1 saturated heterocycles. The molecule has 1 aliphatic heterocycles. The number of nitrogens with zero attached hydrogens (tertiary/aromatic N) is 2. The maximum absolute atomic E-state index is 13.3. The molecule has 4 rings (SSSR count). The highest BCUT2D eigenvalue weighted by Gasteiger charge is 2.49. The zero-order valence-corrected chi connectivity index (χ0v) is 19.9. The Hall–Kier alpha value is -4.27. The standard InChI is InChI=1S/C26H26N2O7/c1-5-12-34-17-8-6-16(7-9-17)24(29)22-23(19-14-18(32-3)10-11-20(19)33-4)28(26(31)25(22)30)21-13-15(2)35-27-21/h6-11,13-14,23,29H,5,12H2,1-4H3. The van der Waals surface area contributed by atoms with Gasteiger partial charge >= 0.3 is 5.91 Å². The molecule has 1 N–H and O–H groups in total. The number of benzene rings is 2. The number of Topliss-reactive ketones (excluding diaryl/α,β-unsaturated/α-hetero) is 1. The zero-order valence-electron chi connectivity index (χ0n) is 19.9. The molecular weight excluding hydrogens is 452 g/mol. The third-order valence-electron chi connectivity index (χ3n) is 5.64. The number of carbonyl (C=O) groups excluding carboxylic acids is 2. The third-order valence-corrected chi connectivity index (χ3v) is 5.64. The van der Waals surface area contributed by atoms with Crippen molar-refractivity contribution in [2.75, 3.05) is 25.7 Å². The van der Waals surface area contributed by atoms with E-state index in [1.165, 1.54) is 19.1 Å². The van der Waals surface area contributed by atoms with Gasteiger partial charge in [0.05, 0.1) is 26.4 Å². The van der Waals surface area contributed by atoms with Crippen molar-refractivity contribution in [3.05, 3.63) is 71.0 Å². The molecule has 35 heavy (non-hydrogen) atoms. The number of amides is 1. The van der Waals surface area contributed by atoms with Gasteiger partial charge in [0.2, 0.25) is 0 Å². The third kappa shape index (κ3) is 4.44. The molecule has 1 atom stereocenters. The van der Waals surface area contributed by atoms with E-state index in [-0.39, 0.29) is 17.2 Å². The lowest BCUT2D eigenvalue weighted by atomic mass is 9.94. The summed E-state index contributed by atoms with van der Waals surface area (Å²) in [4.78, 5) is 27.7. The molecule has 3 aromatic rings.